The van der Waals surface area contributed by atoms with Gasteiger partial charge in [0.15, 0.2) is 23.4 Å². The highest BCUT2D eigenvalue weighted by Gasteiger charge is 2.61. The molecule has 55 heavy (non-hydrogen) atoms. The number of para-hydroxylation sites is 1. The first-order valence-electron chi connectivity index (χ1n) is 19.6. The number of rotatable bonds is 4. The normalized spacial score (nSPS) is 24.7. The van der Waals surface area contributed by atoms with Gasteiger partial charge in [-0.2, -0.15) is 0 Å². The fourth-order valence-electron chi connectivity index (χ4n) is 10.0. The number of aliphatic hydroxyl groups is 1. The molecule has 2 unspecified atom stereocenters. The van der Waals surface area contributed by atoms with Crippen molar-refractivity contribution in [1.82, 2.24) is 20.6 Å². The zero-order valence-electron chi connectivity index (χ0n) is 30.6. The molecule has 3 aromatic carbocycles. The Morgan fingerprint density at radius 2 is 1.84 bits per heavy atom. The van der Waals surface area contributed by atoms with Crippen LogP contribution in [0, 0.1) is 11.8 Å². The van der Waals surface area contributed by atoms with Crippen LogP contribution < -0.4 is 20.7 Å². The Morgan fingerprint density at radius 3 is 2.69 bits per heavy atom. The van der Waals surface area contributed by atoms with Gasteiger partial charge in [-0.3, -0.25) is 9.59 Å². The van der Waals surface area contributed by atoms with Gasteiger partial charge in [0.25, 0.3) is 0 Å². The third-order valence-electron chi connectivity index (χ3n) is 12.8. The van der Waals surface area contributed by atoms with Crippen molar-refractivity contribution >= 4 is 23.1 Å². The number of aliphatic hydroxyl groups excluding tert-OH is 1. The first-order valence-corrected chi connectivity index (χ1v) is 19.6. The number of nitrogens with one attached hydrogen (secondary N) is 3. The van der Waals surface area contributed by atoms with Crippen molar-refractivity contribution in [3.8, 4) is 28.5 Å². The number of carbonyl (C=O) groups excluding carboxylic acids is 2. The molecule has 5 aromatic rings. The summed E-state index contributed by atoms with van der Waals surface area (Å²) in [4.78, 5) is 38.0. The fourth-order valence-corrected chi connectivity index (χ4v) is 10.0. The van der Waals surface area contributed by atoms with E-state index in [4.69, 9.17) is 23.5 Å². The molecule has 2 aliphatic carbocycles. The standard InChI is InChI=1S/C44H41N5O6/c1-21(2)34-42-48-36-38(55-42)44-28-13-7-12-26(25-11-6-10-23-15-16-27(33(23)25)32-20-45-41(36)53-32)35(28)49-43(44)54-31-17-14-22(18-29(31)44)19-30(39(51)47-34)46-40(52)37(50)24-8-4-3-5-9-24/h6-7,10-14,16-18,20-21,24,30,34,37,43,49-50H,3-5,8-9,15,19H2,1-2H3,(H,46,52)(H,47,51)/t30?,34-,37-,43-,44?/m0/s1. The lowest BCUT2D eigenvalue weighted by atomic mass is 9.72. The Hall–Kier alpha value is -5.68. The number of carbonyl (C=O) groups is 2. The van der Waals surface area contributed by atoms with E-state index < -0.39 is 41.6 Å². The van der Waals surface area contributed by atoms with Crippen LogP contribution in [0.2, 0.25) is 0 Å². The predicted octanol–water partition coefficient (Wildman–Crippen LogP) is 6.57. The molecule has 11 nitrogen and oxygen atoms in total. The van der Waals surface area contributed by atoms with Gasteiger partial charge in [0.1, 0.15) is 29.4 Å². The highest BCUT2D eigenvalue weighted by Crippen LogP contribution is 2.61. The molecule has 1 spiro atoms. The van der Waals surface area contributed by atoms with Crippen molar-refractivity contribution in [2.45, 2.75) is 88.6 Å². The summed E-state index contributed by atoms with van der Waals surface area (Å²) in [6, 6.07) is 17.1. The smallest absolute Gasteiger partial charge is 0.249 e. The van der Waals surface area contributed by atoms with Crippen molar-refractivity contribution in [2.75, 3.05) is 5.32 Å². The number of oxazole rings is 2. The highest BCUT2D eigenvalue weighted by molar-refractivity contribution is 5.97. The Kier molecular flexibility index (Phi) is 7.09. The number of hydrogen-bond donors (Lipinski definition) is 4. The molecule has 10 bridgehead atoms. The molecular formula is C44H41N5O6. The van der Waals surface area contributed by atoms with Gasteiger partial charge in [0.2, 0.25) is 23.6 Å². The monoisotopic (exact) mass is 735 g/mol. The molecule has 1 saturated carbocycles. The summed E-state index contributed by atoms with van der Waals surface area (Å²) in [5.74, 6) is 1.21. The van der Waals surface area contributed by atoms with Gasteiger partial charge in [-0.1, -0.05) is 87.7 Å². The zero-order chi connectivity index (χ0) is 37.2. The quantitative estimate of drug-likeness (QED) is 0.161. The fraction of sp³-hybridized carbons (Fsp3) is 0.364. The molecule has 2 amide bonds. The van der Waals surface area contributed by atoms with E-state index in [1.807, 2.05) is 26.0 Å². The lowest BCUT2D eigenvalue weighted by Gasteiger charge is -2.30. The number of ether oxygens (including phenoxy) is 1. The first-order chi connectivity index (χ1) is 26.8. The van der Waals surface area contributed by atoms with Gasteiger partial charge in [-0.15, -0.1) is 0 Å². The number of nitrogens with zero attached hydrogens (tertiary/aromatic N) is 2. The second kappa shape index (κ2) is 11.9. The molecule has 11 heteroatoms. The van der Waals surface area contributed by atoms with E-state index >= 15 is 0 Å². The minimum atomic E-state index is -1.19. The van der Waals surface area contributed by atoms with Gasteiger partial charge in [0, 0.05) is 34.4 Å². The van der Waals surface area contributed by atoms with Crippen LogP contribution in [0.1, 0.15) is 97.2 Å². The van der Waals surface area contributed by atoms with Gasteiger partial charge < -0.3 is 34.6 Å². The van der Waals surface area contributed by atoms with Crippen LogP contribution in [-0.4, -0.2) is 45.3 Å². The number of allylic oxidation sites excluding steroid dienone is 1. The molecule has 4 N–H and O–H groups in total. The molecule has 0 radical (unpaired) electrons. The molecule has 6 aliphatic rings. The van der Waals surface area contributed by atoms with Crippen LogP contribution in [0.3, 0.4) is 0 Å². The number of aromatic nitrogens is 2. The van der Waals surface area contributed by atoms with Crippen molar-refractivity contribution in [1.29, 1.82) is 0 Å². The molecule has 6 heterocycles. The molecule has 278 valence electrons. The minimum Gasteiger partial charge on any atom is -0.469 e. The summed E-state index contributed by atoms with van der Waals surface area (Å²) in [6.45, 7) is 3.99. The van der Waals surface area contributed by atoms with Crippen molar-refractivity contribution in [3.63, 3.8) is 0 Å². The average molecular weight is 736 g/mol. The summed E-state index contributed by atoms with van der Waals surface area (Å²) in [7, 11) is 0. The van der Waals surface area contributed by atoms with Crippen LogP contribution in [0.5, 0.6) is 5.75 Å². The first kappa shape index (κ1) is 32.7. The van der Waals surface area contributed by atoms with E-state index in [1.165, 1.54) is 5.56 Å². The third-order valence-corrected chi connectivity index (χ3v) is 12.8. The summed E-state index contributed by atoms with van der Waals surface area (Å²) >= 11 is 0. The van der Waals surface area contributed by atoms with E-state index in [1.54, 1.807) is 6.20 Å². The number of anilines is 1. The zero-order valence-corrected chi connectivity index (χ0v) is 30.6. The Balaban J connectivity index is 1.14. The predicted molar refractivity (Wildman–Crippen MR) is 203 cm³/mol. The maximum Gasteiger partial charge on any atom is 0.249 e. The number of fused-ring (bicyclic) bond motifs is 7. The maximum atomic E-state index is 14.4. The van der Waals surface area contributed by atoms with E-state index in [-0.39, 0.29) is 18.3 Å². The van der Waals surface area contributed by atoms with Crippen LogP contribution in [0.15, 0.2) is 75.7 Å². The van der Waals surface area contributed by atoms with Crippen molar-refractivity contribution in [3.05, 3.63) is 112 Å². The average Bonchev–Trinajstić information content (AvgIpc) is 4.02. The molecule has 4 aliphatic heterocycles. The van der Waals surface area contributed by atoms with Crippen LogP contribution in [0.4, 0.5) is 5.69 Å². The molecule has 11 rings (SSSR count). The highest BCUT2D eigenvalue weighted by atomic mass is 16.5. The molecule has 2 aromatic heterocycles. The summed E-state index contributed by atoms with van der Waals surface area (Å²) < 4.78 is 20.6. The molecular weight excluding hydrogens is 695 g/mol. The SMILES string of the molecule is CC(C)[C@@H]1NC(=O)C(NC(=O)[C@@H](O)C2CCCCC2)Cc2ccc3c(c2)C24c5cccc(c5N[C@H]2O3)-c2cccc3c2C(=CC3)c2cnc(o2)-c2nc1oc24. The third kappa shape index (κ3) is 4.65. The summed E-state index contributed by atoms with van der Waals surface area (Å²) in [5, 5.41) is 21.1. The Bertz CT molecular complexity index is 2470. The Morgan fingerprint density at radius 1 is 1.00 bits per heavy atom. The van der Waals surface area contributed by atoms with E-state index in [2.05, 4.69) is 64.5 Å². The van der Waals surface area contributed by atoms with E-state index in [0.29, 0.717) is 34.7 Å². The maximum absolute atomic E-state index is 14.4. The summed E-state index contributed by atoms with van der Waals surface area (Å²) in [6.07, 6.45) is 7.76. The van der Waals surface area contributed by atoms with Crippen LogP contribution in [-0.2, 0) is 27.8 Å². The van der Waals surface area contributed by atoms with Crippen LogP contribution in [0.25, 0.3) is 28.3 Å². The topological polar surface area (TPSA) is 152 Å². The van der Waals surface area contributed by atoms with Gasteiger partial charge in [0.05, 0.1) is 6.20 Å². The number of amides is 2. The molecule has 0 saturated heterocycles. The summed E-state index contributed by atoms with van der Waals surface area (Å²) in [5.41, 5.74) is 8.39. The Labute approximate surface area is 317 Å². The number of hydrogen-bond acceptors (Lipinski definition) is 9. The minimum absolute atomic E-state index is 0.129. The van der Waals surface area contributed by atoms with Gasteiger partial charge in [-0.25, -0.2) is 9.97 Å². The molecule has 1 fully saturated rings. The second-order valence-electron chi connectivity index (χ2n) is 16.3. The van der Waals surface area contributed by atoms with Crippen LogP contribution >= 0.6 is 0 Å². The lowest BCUT2D eigenvalue weighted by Crippen LogP contribution is -2.53. The van der Waals surface area contributed by atoms with Crippen molar-refractivity contribution in [2.24, 2.45) is 11.8 Å². The molecule has 5 atom stereocenters. The number of benzene rings is 3. The van der Waals surface area contributed by atoms with Gasteiger partial charge >= 0.3 is 0 Å². The van der Waals surface area contributed by atoms with Gasteiger partial charge in [-0.05, 0) is 59.4 Å². The lowest BCUT2D eigenvalue weighted by molar-refractivity contribution is -0.137. The van der Waals surface area contributed by atoms with Crippen molar-refractivity contribution < 1.29 is 28.3 Å². The van der Waals surface area contributed by atoms with E-state index in [0.717, 1.165) is 83.2 Å². The largest absolute Gasteiger partial charge is 0.469 e. The van der Waals surface area contributed by atoms with E-state index in [9.17, 15) is 14.7 Å². The second-order valence-corrected chi connectivity index (χ2v) is 16.3.